The zero-order valence-corrected chi connectivity index (χ0v) is 11.5. The molecular weight excluding hydrogens is 375 g/mol. The standard InChI is InChI=1S/C13H7F4IO/c14-10-7-8(5-6-11(10)18)9-3-1-2-4-12(9)19-13(15,16)17/h1-7H. The molecule has 6 heteroatoms. The normalized spacial score (nSPS) is 11.4. The molecule has 1 nitrogen and oxygen atoms in total. The van der Waals surface area contributed by atoms with Gasteiger partial charge in [-0.25, -0.2) is 4.39 Å². The van der Waals surface area contributed by atoms with Crippen molar-refractivity contribution in [3.05, 3.63) is 51.9 Å². The Balaban J connectivity index is 2.47. The lowest BCUT2D eigenvalue weighted by atomic mass is 10.0. The van der Waals surface area contributed by atoms with Gasteiger partial charge in [-0.05, 0) is 46.4 Å². The van der Waals surface area contributed by atoms with Crippen molar-refractivity contribution in [2.75, 3.05) is 0 Å². The van der Waals surface area contributed by atoms with Crippen LogP contribution in [0.3, 0.4) is 0 Å². The molecule has 0 heterocycles. The van der Waals surface area contributed by atoms with E-state index in [2.05, 4.69) is 4.74 Å². The van der Waals surface area contributed by atoms with Crippen LogP contribution in [0.2, 0.25) is 0 Å². The van der Waals surface area contributed by atoms with E-state index in [0.29, 0.717) is 9.13 Å². The highest BCUT2D eigenvalue weighted by Crippen LogP contribution is 2.34. The van der Waals surface area contributed by atoms with Gasteiger partial charge in [-0.1, -0.05) is 24.3 Å². The molecule has 2 rings (SSSR count). The molecular formula is C13H7F4IO. The Bertz CT molecular complexity index is 595. The predicted molar refractivity (Wildman–Crippen MR) is 71.2 cm³/mol. The molecule has 0 saturated heterocycles. The van der Waals surface area contributed by atoms with Crippen molar-refractivity contribution >= 4 is 22.6 Å². The molecule has 0 N–H and O–H groups in total. The van der Waals surface area contributed by atoms with Gasteiger partial charge in [-0.3, -0.25) is 0 Å². The summed E-state index contributed by atoms with van der Waals surface area (Å²) in [6.07, 6.45) is -4.78. The van der Waals surface area contributed by atoms with E-state index >= 15 is 0 Å². The summed E-state index contributed by atoms with van der Waals surface area (Å²) in [5.74, 6) is -0.837. The van der Waals surface area contributed by atoms with Gasteiger partial charge in [0.15, 0.2) is 0 Å². The Kier molecular flexibility index (Phi) is 3.98. The minimum absolute atomic E-state index is 0.190. The molecule has 0 unspecified atom stereocenters. The lowest BCUT2D eigenvalue weighted by Crippen LogP contribution is -2.17. The summed E-state index contributed by atoms with van der Waals surface area (Å²) in [6.45, 7) is 0. The first-order valence-corrected chi connectivity index (χ1v) is 6.25. The van der Waals surface area contributed by atoms with Gasteiger partial charge in [0.25, 0.3) is 0 Å². The van der Waals surface area contributed by atoms with E-state index in [1.807, 2.05) is 0 Å². The van der Waals surface area contributed by atoms with Crippen molar-refractivity contribution in [1.29, 1.82) is 0 Å². The Morgan fingerprint density at radius 3 is 2.32 bits per heavy atom. The van der Waals surface area contributed by atoms with E-state index in [1.54, 1.807) is 34.7 Å². The molecule has 2 aromatic rings. The molecule has 0 amide bonds. The minimum Gasteiger partial charge on any atom is -0.405 e. The molecule has 0 saturated carbocycles. The van der Waals surface area contributed by atoms with Crippen LogP contribution >= 0.6 is 22.6 Å². The number of ether oxygens (including phenoxy) is 1. The van der Waals surface area contributed by atoms with Crippen LogP contribution in [0.25, 0.3) is 11.1 Å². The smallest absolute Gasteiger partial charge is 0.405 e. The summed E-state index contributed by atoms with van der Waals surface area (Å²) in [6, 6.07) is 9.85. The van der Waals surface area contributed by atoms with E-state index in [0.717, 1.165) is 0 Å². The highest BCUT2D eigenvalue weighted by molar-refractivity contribution is 14.1. The van der Waals surface area contributed by atoms with Gasteiger partial charge < -0.3 is 4.74 Å². The van der Waals surface area contributed by atoms with Crippen molar-refractivity contribution in [3.8, 4) is 16.9 Å². The van der Waals surface area contributed by atoms with Gasteiger partial charge in [0.2, 0.25) is 0 Å². The fourth-order valence-corrected chi connectivity index (χ4v) is 1.92. The Hall–Kier alpha value is -1.31. The minimum atomic E-state index is -4.78. The number of alkyl halides is 3. The van der Waals surface area contributed by atoms with E-state index in [-0.39, 0.29) is 11.3 Å². The first kappa shape index (κ1) is 14.1. The summed E-state index contributed by atoms with van der Waals surface area (Å²) < 4.78 is 54.6. The van der Waals surface area contributed by atoms with Gasteiger partial charge in [-0.2, -0.15) is 0 Å². The summed E-state index contributed by atoms with van der Waals surface area (Å²) in [5, 5.41) is 0. The molecule has 0 bridgehead atoms. The van der Waals surface area contributed by atoms with Gasteiger partial charge in [0, 0.05) is 9.13 Å². The van der Waals surface area contributed by atoms with E-state index < -0.39 is 12.2 Å². The van der Waals surface area contributed by atoms with Crippen molar-refractivity contribution in [3.63, 3.8) is 0 Å². The van der Waals surface area contributed by atoms with Gasteiger partial charge in [0.1, 0.15) is 11.6 Å². The molecule has 0 fully saturated rings. The third-order valence-corrected chi connectivity index (χ3v) is 3.22. The topological polar surface area (TPSA) is 9.23 Å². The molecule has 0 aliphatic heterocycles. The maximum atomic E-state index is 13.5. The Morgan fingerprint density at radius 1 is 1.00 bits per heavy atom. The predicted octanol–water partition coefficient (Wildman–Crippen LogP) is 5.00. The van der Waals surface area contributed by atoms with Gasteiger partial charge >= 0.3 is 6.36 Å². The number of rotatable bonds is 2. The molecule has 0 aliphatic rings. The van der Waals surface area contributed by atoms with Crippen molar-refractivity contribution in [2.24, 2.45) is 0 Å². The Labute approximate surface area is 120 Å². The lowest BCUT2D eigenvalue weighted by molar-refractivity contribution is -0.274. The van der Waals surface area contributed by atoms with Crippen molar-refractivity contribution < 1.29 is 22.3 Å². The maximum Gasteiger partial charge on any atom is 0.573 e. The molecule has 0 atom stereocenters. The maximum absolute atomic E-state index is 13.5. The van der Waals surface area contributed by atoms with Crippen LogP contribution in [-0.4, -0.2) is 6.36 Å². The first-order valence-electron chi connectivity index (χ1n) is 5.17. The summed E-state index contributed by atoms with van der Waals surface area (Å²) in [4.78, 5) is 0. The number of halogens is 5. The van der Waals surface area contributed by atoms with Gasteiger partial charge in [0.05, 0.1) is 0 Å². The van der Waals surface area contributed by atoms with Gasteiger partial charge in [-0.15, -0.1) is 13.2 Å². The molecule has 0 spiro atoms. The average molecular weight is 382 g/mol. The largest absolute Gasteiger partial charge is 0.573 e. The second-order valence-electron chi connectivity index (χ2n) is 3.67. The van der Waals surface area contributed by atoms with Crippen molar-refractivity contribution in [1.82, 2.24) is 0 Å². The quantitative estimate of drug-likeness (QED) is 0.525. The zero-order chi connectivity index (χ0) is 14.0. The fraction of sp³-hybridized carbons (Fsp3) is 0.0769. The van der Waals surface area contributed by atoms with Crippen molar-refractivity contribution in [2.45, 2.75) is 6.36 Å². The van der Waals surface area contributed by atoms with Crippen LogP contribution in [0.4, 0.5) is 17.6 Å². The average Bonchev–Trinajstić information content (AvgIpc) is 2.31. The second-order valence-corrected chi connectivity index (χ2v) is 4.84. The first-order chi connectivity index (χ1) is 8.87. The summed E-state index contributed by atoms with van der Waals surface area (Å²) >= 11 is 1.80. The Morgan fingerprint density at radius 2 is 1.68 bits per heavy atom. The van der Waals surface area contributed by atoms with Crippen LogP contribution in [0.5, 0.6) is 5.75 Å². The third-order valence-electron chi connectivity index (χ3n) is 2.34. The molecule has 100 valence electrons. The van der Waals surface area contributed by atoms with E-state index in [4.69, 9.17) is 0 Å². The molecule has 19 heavy (non-hydrogen) atoms. The summed E-state index contributed by atoms with van der Waals surface area (Å²) in [7, 11) is 0. The van der Waals surface area contributed by atoms with Crippen LogP contribution in [0, 0.1) is 9.39 Å². The lowest BCUT2D eigenvalue weighted by Gasteiger charge is -2.13. The SMILES string of the molecule is Fc1cc(-c2ccccc2OC(F)(F)F)ccc1I. The van der Waals surface area contributed by atoms with Crippen LogP contribution in [0.15, 0.2) is 42.5 Å². The molecule has 0 aromatic heterocycles. The fourth-order valence-electron chi connectivity index (χ4n) is 1.58. The van der Waals surface area contributed by atoms with E-state index in [1.165, 1.54) is 30.3 Å². The van der Waals surface area contributed by atoms with Crippen LogP contribution in [0.1, 0.15) is 0 Å². The number of hydrogen-bond acceptors (Lipinski definition) is 1. The molecule has 2 aromatic carbocycles. The second kappa shape index (κ2) is 5.36. The number of para-hydroxylation sites is 1. The van der Waals surface area contributed by atoms with Crippen LogP contribution in [-0.2, 0) is 0 Å². The molecule has 0 aliphatic carbocycles. The molecule has 0 radical (unpaired) electrons. The summed E-state index contributed by atoms with van der Waals surface area (Å²) in [5.41, 5.74) is 0.521. The highest BCUT2D eigenvalue weighted by atomic mass is 127. The monoisotopic (exact) mass is 382 g/mol. The highest BCUT2D eigenvalue weighted by Gasteiger charge is 2.32. The van der Waals surface area contributed by atoms with Crippen LogP contribution < -0.4 is 4.74 Å². The number of benzene rings is 2. The third kappa shape index (κ3) is 3.59. The van der Waals surface area contributed by atoms with E-state index in [9.17, 15) is 17.6 Å². The number of hydrogen-bond donors (Lipinski definition) is 0. The zero-order valence-electron chi connectivity index (χ0n) is 9.34.